The van der Waals surface area contributed by atoms with E-state index in [1.165, 1.54) is 0 Å². The third-order valence-electron chi connectivity index (χ3n) is 2.26. The van der Waals surface area contributed by atoms with E-state index in [0.717, 1.165) is 15.7 Å². The van der Waals surface area contributed by atoms with Crippen LogP contribution in [-0.2, 0) is 6.54 Å². The molecule has 0 aliphatic carbocycles. The van der Waals surface area contributed by atoms with Crippen LogP contribution < -0.4 is 11.1 Å². The van der Waals surface area contributed by atoms with E-state index in [1.807, 2.05) is 6.07 Å². The van der Waals surface area contributed by atoms with E-state index >= 15 is 0 Å². The van der Waals surface area contributed by atoms with Crippen molar-refractivity contribution >= 4 is 27.4 Å². The zero-order valence-corrected chi connectivity index (χ0v) is 10.5. The second-order valence-electron chi connectivity index (χ2n) is 3.50. The lowest BCUT2D eigenvalue weighted by Gasteiger charge is -2.06. The van der Waals surface area contributed by atoms with Crippen molar-refractivity contribution in [3.8, 4) is 6.07 Å². The Bertz CT molecular complexity index is 569. The van der Waals surface area contributed by atoms with Crippen molar-refractivity contribution in [1.82, 2.24) is 10.2 Å². The molecule has 2 aromatic rings. The number of hydrogen-bond acceptors (Lipinski definition) is 4. The number of nitrogens with zero attached hydrogens (tertiary/aromatic N) is 2. The summed E-state index contributed by atoms with van der Waals surface area (Å²) in [6.45, 7) is 0.559. The van der Waals surface area contributed by atoms with Gasteiger partial charge in [-0.15, -0.1) is 0 Å². The monoisotopic (exact) mass is 291 g/mol. The molecular weight excluding hydrogens is 282 g/mol. The Labute approximate surface area is 107 Å². The Morgan fingerprint density at radius 2 is 2.29 bits per heavy atom. The van der Waals surface area contributed by atoms with E-state index in [1.54, 1.807) is 18.3 Å². The Balaban J connectivity index is 2.12. The molecule has 0 saturated heterocycles. The molecular formula is C11H10BrN5. The molecule has 0 bridgehead atoms. The van der Waals surface area contributed by atoms with Gasteiger partial charge in [0.25, 0.3) is 0 Å². The molecule has 0 aliphatic rings. The van der Waals surface area contributed by atoms with Gasteiger partial charge in [0.2, 0.25) is 0 Å². The van der Waals surface area contributed by atoms with Crippen LogP contribution in [0.15, 0.2) is 28.9 Å². The first kappa shape index (κ1) is 11.5. The number of hydrogen-bond donors (Lipinski definition) is 3. The van der Waals surface area contributed by atoms with Crippen LogP contribution in [0.3, 0.4) is 0 Å². The summed E-state index contributed by atoms with van der Waals surface area (Å²) in [5, 5.41) is 18.5. The molecule has 0 fully saturated rings. The largest absolute Gasteiger partial charge is 0.384 e. The van der Waals surface area contributed by atoms with Crippen LogP contribution in [0, 0.1) is 11.3 Å². The first-order valence-corrected chi connectivity index (χ1v) is 5.70. The number of H-pyrrole nitrogens is 1. The van der Waals surface area contributed by atoms with Crippen molar-refractivity contribution in [2.45, 2.75) is 6.54 Å². The number of rotatable bonds is 3. The molecule has 0 spiro atoms. The molecule has 2 rings (SSSR count). The fraction of sp³-hybridized carbons (Fsp3) is 0.0909. The Hall–Kier alpha value is -2.00. The lowest BCUT2D eigenvalue weighted by molar-refractivity contribution is 1.10. The Morgan fingerprint density at radius 3 is 2.94 bits per heavy atom. The minimum atomic E-state index is 0.549. The number of aromatic nitrogens is 2. The van der Waals surface area contributed by atoms with Gasteiger partial charge in [0.15, 0.2) is 0 Å². The van der Waals surface area contributed by atoms with Gasteiger partial charge in [0.05, 0.1) is 17.8 Å². The van der Waals surface area contributed by atoms with Gasteiger partial charge in [-0.3, -0.25) is 5.10 Å². The highest BCUT2D eigenvalue weighted by Crippen LogP contribution is 2.20. The first-order chi connectivity index (χ1) is 8.19. The number of halogens is 1. The highest BCUT2D eigenvalue weighted by atomic mass is 79.9. The fourth-order valence-electron chi connectivity index (χ4n) is 1.42. The quantitative estimate of drug-likeness (QED) is 0.809. The summed E-state index contributed by atoms with van der Waals surface area (Å²) in [4.78, 5) is 0. The summed E-state index contributed by atoms with van der Waals surface area (Å²) in [6.07, 6.45) is 1.67. The predicted octanol–water partition coefficient (Wildman–Crippen LogP) is 2.24. The maximum Gasteiger partial charge on any atom is 0.123 e. The highest BCUT2D eigenvalue weighted by molar-refractivity contribution is 9.10. The Kier molecular flexibility index (Phi) is 3.30. The maximum atomic E-state index is 8.85. The van der Waals surface area contributed by atoms with Crippen molar-refractivity contribution in [2.75, 3.05) is 11.1 Å². The van der Waals surface area contributed by atoms with Crippen molar-refractivity contribution < 1.29 is 0 Å². The van der Waals surface area contributed by atoms with Gasteiger partial charge >= 0.3 is 0 Å². The normalized spacial score (nSPS) is 9.88. The third kappa shape index (κ3) is 2.77. The average Bonchev–Trinajstić information content (AvgIpc) is 2.71. The molecule has 0 unspecified atom stereocenters. The molecule has 86 valence electrons. The lowest BCUT2D eigenvalue weighted by atomic mass is 10.2. The topological polar surface area (TPSA) is 90.5 Å². The van der Waals surface area contributed by atoms with E-state index in [4.69, 9.17) is 11.0 Å². The van der Waals surface area contributed by atoms with Crippen molar-refractivity contribution in [3.63, 3.8) is 0 Å². The number of nitriles is 1. The fourth-order valence-corrected chi connectivity index (χ4v) is 1.91. The van der Waals surface area contributed by atoms with Gasteiger partial charge in [-0.2, -0.15) is 10.4 Å². The maximum absolute atomic E-state index is 8.85. The molecule has 0 aliphatic heterocycles. The number of aromatic amines is 1. The summed E-state index contributed by atoms with van der Waals surface area (Å²) in [6, 6.07) is 7.54. The molecule has 17 heavy (non-hydrogen) atoms. The standard InChI is InChI=1S/C11H10BrN5/c12-9-1-7(4-13)2-10(3-9)15-5-8-6-16-17-11(8)14/h1-3,6,15H,5H2,(H3,14,16,17). The SMILES string of the molecule is N#Cc1cc(Br)cc(NCc2cn[nH]c2N)c1. The minimum absolute atomic E-state index is 0.549. The molecule has 1 aromatic carbocycles. The second-order valence-corrected chi connectivity index (χ2v) is 4.42. The van der Waals surface area contributed by atoms with Crippen molar-refractivity contribution in [3.05, 3.63) is 40.0 Å². The average molecular weight is 292 g/mol. The molecule has 1 aromatic heterocycles. The van der Waals surface area contributed by atoms with Crippen LogP contribution >= 0.6 is 15.9 Å². The minimum Gasteiger partial charge on any atom is -0.384 e. The molecule has 0 radical (unpaired) electrons. The number of nitrogens with one attached hydrogen (secondary N) is 2. The summed E-state index contributed by atoms with van der Waals surface area (Å²) in [5.74, 6) is 0.549. The van der Waals surface area contributed by atoms with E-state index in [0.29, 0.717) is 17.9 Å². The van der Waals surface area contributed by atoms with Crippen LogP contribution in [0.25, 0.3) is 0 Å². The summed E-state index contributed by atoms with van der Waals surface area (Å²) in [5.41, 5.74) is 8.02. The van der Waals surface area contributed by atoms with Crippen LogP contribution in [-0.4, -0.2) is 10.2 Å². The van der Waals surface area contributed by atoms with Crippen molar-refractivity contribution in [2.24, 2.45) is 0 Å². The van der Waals surface area contributed by atoms with E-state index in [-0.39, 0.29) is 0 Å². The van der Waals surface area contributed by atoms with Gasteiger partial charge in [-0.1, -0.05) is 15.9 Å². The molecule has 1 heterocycles. The summed E-state index contributed by atoms with van der Waals surface area (Å²) < 4.78 is 0.860. The van der Waals surface area contributed by atoms with Gasteiger partial charge in [0.1, 0.15) is 5.82 Å². The van der Waals surface area contributed by atoms with Crippen LogP contribution in [0.4, 0.5) is 11.5 Å². The molecule has 0 saturated carbocycles. The molecule has 0 atom stereocenters. The first-order valence-electron chi connectivity index (χ1n) is 4.91. The zero-order valence-electron chi connectivity index (χ0n) is 8.87. The number of anilines is 2. The van der Waals surface area contributed by atoms with E-state index < -0.39 is 0 Å². The van der Waals surface area contributed by atoms with Gasteiger partial charge in [-0.25, -0.2) is 0 Å². The van der Waals surface area contributed by atoms with E-state index in [9.17, 15) is 0 Å². The molecule has 4 N–H and O–H groups in total. The predicted molar refractivity (Wildman–Crippen MR) is 69.2 cm³/mol. The van der Waals surface area contributed by atoms with Crippen molar-refractivity contribution in [1.29, 1.82) is 5.26 Å². The molecule has 5 nitrogen and oxygen atoms in total. The van der Waals surface area contributed by atoms with Gasteiger partial charge in [-0.05, 0) is 18.2 Å². The molecule has 6 heteroatoms. The number of nitrogen functional groups attached to an aromatic ring is 1. The third-order valence-corrected chi connectivity index (χ3v) is 2.72. The van der Waals surface area contributed by atoms with Crippen LogP contribution in [0.1, 0.15) is 11.1 Å². The van der Waals surface area contributed by atoms with Gasteiger partial charge < -0.3 is 11.1 Å². The van der Waals surface area contributed by atoms with E-state index in [2.05, 4.69) is 37.5 Å². The summed E-state index contributed by atoms with van der Waals surface area (Å²) >= 11 is 3.35. The second kappa shape index (κ2) is 4.89. The van der Waals surface area contributed by atoms with Crippen LogP contribution in [0.5, 0.6) is 0 Å². The highest BCUT2D eigenvalue weighted by Gasteiger charge is 2.02. The smallest absolute Gasteiger partial charge is 0.123 e. The number of nitrogens with two attached hydrogens (primary N) is 1. The summed E-state index contributed by atoms with van der Waals surface area (Å²) in [7, 11) is 0. The Morgan fingerprint density at radius 1 is 1.47 bits per heavy atom. The number of benzene rings is 1. The van der Waals surface area contributed by atoms with Crippen LogP contribution in [0.2, 0.25) is 0 Å². The zero-order chi connectivity index (χ0) is 12.3. The lowest BCUT2D eigenvalue weighted by Crippen LogP contribution is -2.01. The van der Waals surface area contributed by atoms with Gasteiger partial charge in [0, 0.05) is 22.3 Å². The molecule has 0 amide bonds.